The van der Waals surface area contributed by atoms with Gasteiger partial charge in [0.05, 0.1) is 6.26 Å². The second-order valence-electron chi connectivity index (χ2n) is 7.36. The number of piperazine rings is 1. The number of rotatable bonds is 3. The number of fused-ring (bicyclic) bond motifs is 3. The van der Waals surface area contributed by atoms with E-state index in [1.165, 1.54) is 23.4 Å². The highest BCUT2D eigenvalue weighted by molar-refractivity contribution is 5.99. The van der Waals surface area contributed by atoms with Gasteiger partial charge in [-0.2, -0.15) is 0 Å². The average molecular weight is 417 g/mol. The lowest BCUT2D eigenvalue weighted by molar-refractivity contribution is 0.0600. The minimum absolute atomic E-state index is 0. The molecule has 2 aliphatic heterocycles. The smallest absolute Gasteiger partial charge is 0.271 e. The molecule has 2 aliphatic rings. The fraction of sp³-hybridized carbons (Fsp3) is 0.368. The number of hydrogen-bond acceptors (Lipinski definition) is 6. The standard InChI is InChI=1S/C19H20N6O3.ClH/c20-17(26)16-18-23-13(15-5-2-6-28-15)7-14(25(18)10-21-16)19(27)24-8-11-3-1-4-12(9-24)22-11;/h2,5-7,10-12,22H,1,3-4,8-9H2,(H2,20,26);1H. The number of nitrogens with zero attached hydrogens (tertiary/aromatic N) is 4. The van der Waals surface area contributed by atoms with Crippen LogP contribution < -0.4 is 11.1 Å². The zero-order valence-electron chi connectivity index (χ0n) is 15.6. The van der Waals surface area contributed by atoms with Crippen LogP contribution >= 0.6 is 12.4 Å². The van der Waals surface area contributed by atoms with Gasteiger partial charge in [-0.3, -0.25) is 14.0 Å². The number of imidazole rings is 1. The Hall–Kier alpha value is -2.91. The molecule has 2 amide bonds. The molecular weight excluding hydrogens is 396 g/mol. The van der Waals surface area contributed by atoms with E-state index < -0.39 is 5.91 Å². The molecule has 0 aromatic carbocycles. The molecule has 152 valence electrons. The Morgan fingerprint density at radius 2 is 2.00 bits per heavy atom. The summed E-state index contributed by atoms with van der Waals surface area (Å²) in [5.41, 5.74) is 6.56. The molecule has 3 aromatic rings. The van der Waals surface area contributed by atoms with E-state index in [1.54, 1.807) is 18.2 Å². The summed E-state index contributed by atoms with van der Waals surface area (Å²) in [4.78, 5) is 35.6. The number of halogens is 1. The third-order valence-corrected chi connectivity index (χ3v) is 5.47. The molecule has 3 N–H and O–H groups in total. The molecule has 0 spiro atoms. The van der Waals surface area contributed by atoms with Gasteiger partial charge in [-0.25, -0.2) is 9.97 Å². The second-order valence-corrected chi connectivity index (χ2v) is 7.36. The molecule has 3 aromatic heterocycles. The molecule has 2 atom stereocenters. The van der Waals surface area contributed by atoms with Crippen LogP contribution in [-0.4, -0.2) is 56.3 Å². The molecule has 5 heterocycles. The van der Waals surface area contributed by atoms with E-state index >= 15 is 0 Å². The largest absolute Gasteiger partial charge is 0.463 e. The number of amides is 2. The van der Waals surface area contributed by atoms with Gasteiger partial charge in [0, 0.05) is 25.2 Å². The Morgan fingerprint density at radius 1 is 1.24 bits per heavy atom. The van der Waals surface area contributed by atoms with Crippen molar-refractivity contribution in [2.24, 2.45) is 5.73 Å². The van der Waals surface area contributed by atoms with Gasteiger partial charge in [-0.1, -0.05) is 6.42 Å². The first-order valence-corrected chi connectivity index (χ1v) is 9.37. The van der Waals surface area contributed by atoms with Crippen LogP contribution in [0.3, 0.4) is 0 Å². The predicted molar refractivity (Wildman–Crippen MR) is 107 cm³/mol. The van der Waals surface area contributed by atoms with E-state index in [0.29, 0.717) is 42.3 Å². The average Bonchev–Trinajstić information content (AvgIpc) is 3.36. The Kier molecular flexibility index (Phi) is 5.01. The third-order valence-electron chi connectivity index (χ3n) is 5.47. The summed E-state index contributed by atoms with van der Waals surface area (Å²) in [7, 11) is 0. The Bertz CT molecular complexity index is 1050. The van der Waals surface area contributed by atoms with Crippen molar-refractivity contribution in [1.82, 2.24) is 24.6 Å². The van der Waals surface area contributed by atoms with Gasteiger partial charge in [0.25, 0.3) is 11.8 Å². The fourth-order valence-corrected chi connectivity index (χ4v) is 4.19. The second kappa shape index (κ2) is 7.49. The number of carbonyl (C=O) groups is 2. The summed E-state index contributed by atoms with van der Waals surface area (Å²) in [5.74, 6) is -0.306. The van der Waals surface area contributed by atoms with E-state index in [-0.39, 0.29) is 29.7 Å². The molecule has 2 fully saturated rings. The normalized spacial score (nSPS) is 21.0. The number of hydrogen-bond donors (Lipinski definition) is 2. The van der Waals surface area contributed by atoms with Crippen LogP contribution in [-0.2, 0) is 0 Å². The van der Waals surface area contributed by atoms with E-state index in [1.807, 2.05) is 4.90 Å². The summed E-state index contributed by atoms with van der Waals surface area (Å²) in [5, 5.41) is 3.58. The lowest BCUT2D eigenvalue weighted by Gasteiger charge is -2.42. The van der Waals surface area contributed by atoms with Crippen molar-refractivity contribution in [3.63, 3.8) is 0 Å². The number of primary amides is 1. The summed E-state index contributed by atoms with van der Waals surface area (Å²) < 4.78 is 6.98. The molecule has 5 rings (SSSR count). The third kappa shape index (κ3) is 3.36. The maximum Gasteiger partial charge on any atom is 0.271 e. The van der Waals surface area contributed by atoms with Gasteiger partial charge < -0.3 is 20.4 Å². The Balaban J connectivity index is 0.00000205. The Labute approximate surface area is 172 Å². The maximum absolute atomic E-state index is 13.4. The predicted octanol–water partition coefficient (Wildman–Crippen LogP) is 1.48. The lowest BCUT2D eigenvalue weighted by Crippen LogP contribution is -2.60. The number of carbonyl (C=O) groups excluding carboxylic acids is 2. The van der Waals surface area contributed by atoms with Crippen LogP contribution in [0.5, 0.6) is 0 Å². The van der Waals surface area contributed by atoms with Gasteiger partial charge in [-0.05, 0) is 31.0 Å². The molecule has 0 saturated carbocycles. The van der Waals surface area contributed by atoms with Gasteiger partial charge in [-0.15, -0.1) is 12.4 Å². The zero-order chi connectivity index (χ0) is 19.3. The maximum atomic E-state index is 13.4. The number of nitrogens with one attached hydrogen (secondary N) is 1. The summed E-state index contributed by atoms with van der Waals surface area (Å²) in [6.45, 7) is 1.32. The molecule has 0 radical (unpaired) electrons. The summed E-state index contributed by atoms with van der Waals surface area (Å²) in [6, 6.07) is 5.82. The molecular formula is C19H21ClN6O3. The van der Waals surface area contributed by atoms with E-state index in [2.05, 4.69) is 15.3 Å². The monoisotopic (exact) mass is 416 g/mol. The molecule has 0 aliphatic carbocycles. The minimum Gasteiger partial charge on any atom is -0.463 e. The van der Waals surface area contributed by atoms with E-state index in [0.717, 1.165) is 12.8 Å². The zero-order valence-corrected chi connectivity index (χ0v) is 16.4. The number of likely N-dealkylation sites (tertiary alicyclic amines) is 1. The number of nitrogens with two attached hydrogens (primary N) is 1. The van der Waals surface area contributed by atoms with Crippen LogP contribution in [0.25, 0.3) is 17.1 Å². The van der Waals surface area contributed by atoms with Gasteiger partial charge >= 0.3 is 0 Å². The first-order valence-electron chi connectivity index (χ1n) is 9.37. The molecule has 10 heteroatoms. The molecule has 9 nitrogen and oxygen atoms in total. The number of aromatic nitrogens is 3. The molecule has 2 unspecified atom stereocenters. The molecule has 2 saturated heterocycles. The minimum atomic E-state index is -0.693. The van der Waals surface area contributed by atoms with E-state index in [9.17, 15) is 9.59 Å². The van der Waals surface area contributed by atoms with Crippen molar-refractivity contribution in [3.8, 4) is 11.5 Å². The highest BCUT2D eigenvalue weighted by Crippen LogP contribution is 2.25. The van der Waals surface area contributed by atoms with Crippen molar-refractivity contribution in [1.29, 1.82) is 0 Å². The first-order chi connectivity index (χ1) is 13.6. The molecule has 2 bridgehead atoms. The van der Waals surface area contributed by atoms with Crippen molar-refractivity contribution in [2.45, 2.75) is 31.3 Å². The van der Waals surface area contributed by atoms with Crippen LogP contribution in [0.2, 0.25) is 0 Å². The highest BCUT2D eigenvalue weighted by Gasteiger charge is 2.33. The van der Waals surface area contributed by atoms with Gasteiger partial charge in [0.2, 0.25) is 0 Å². The van der Waals surface area contributed by atoms with Crippen molar-refractivity contribution in [3.05, 3.63) is 42.2 Å². The summed E-state index contributed by atoms with van der Waals surface area (Å²) >= 11 is 0. The van der Waals surface area contributed by atoms with Crippen LogP contribution in [0.1, 0.15) is 40.2 Å². The summed E-state index contributed by atoms with van der Waals surface area (Å²) in [6.07, 6.45) is 6.29. The van der Waals surface area contributed by atoms with Crippen molar-refractivity contribution < 1.29 is 14.0 Å². The quantitative estimate of drug-likeness (QED) is 0.667. The van der Waals surface area contributed by atoms with Gasteiger partial charge in [0.15, 0.2) is 17.1 Å². The highest BCUT2D eigenvalue weighted by atomic mass is 35.5. The number of piperidine rings is 1. The van der Waals surface area contributed by atoms with Crippen LogP contribution in [0.15, 0.2) is 35.2 Å². The lowest BCUT2D eigenvalue weighted by atomic mass is 9.94. The van der Waals surface area contributed by atoms with Gasteiger partial charge in [0.1, 0.15) is 17.7 Å². The van der Waals surface area contributed by atoms with Crippen molar-refractivity contribution in [2.75, 3.05) is 13.1 Å². The van der Waals surface area contributed by atoms with Crippen LogP contribution in [0.4, 0.5) is 0 Å². The fourth-order valence-electron chi connectivity index (χ4n) is 4.19. The topological polar surface area (TPSA) is 119 Å². The SMILES string of the molecule is Cl.NC(=O)c1ncn2c(C(=O)N3CC4CCCC(C3)N4)cc(-c3ccco3)nc12. The van der Waals surface area contributed by atoms with Crippen LogP contribution in [0, 0.1) is 0 Å². The Morgan fingerprint density at radius 3 is 2.66 bits per heavy atom. The van der Waals surface area contributed by atoms with E-state index in [4.69, 9.17) is 10.2 Å². The van der Waals surface area contributed by atoms with Crippen molar-refractivity contribution >= 4 is 29.9 Å². The number of furan rings is 1. The first kappa shape index (κ1) is 19.4. The molecule has 29 heavy (non-hydrogen) atoms.